The molecule has 0 radical (unpaired) electrons. The first-order chi connectivity index (χ1) is 8.72. The van der Waals surface area contributed by atoms with E-state index in [1.165, 1.54) is 0 Å². The number of hydrogen-bond donors (Lipinski definition) is 0. The van der Waals surface area contributed by atoms with Crippen molar-refractivity contribution in [1.82, 2.24) is 9.38 Å². The Morgan fingerprint density at radius 3 is 3.06 bits per heavy atom. The zero-order chi connectivity index (χ0) is 13.0. The van der Waals surface area contributed by atoms with E-state index < -0.39 is 0 Å². The van der Waals surface area contributed by atoms with Gasteiger partial charge in [0, 0.05) is 12.6 Å². The van der Waals surface area contributed by atoms with Crippen molar-refractivity contribution >= 4 is 11.6 Å². The minimum Gasteiger partial charge on any atom is -0.459 e. The molecule has 0 unspecified atom stereocenters. The molecular formula is C14H18N2O2. The van der Waals surface area contributed by atoms with Crippen LogP contribution in [0.15, 0.2) is 24.4 Å². The average molecular weight is 246 g/mol. The number of unbranched alkanes of at least 4 members (excludes halogenated alkanes) is 1. The van der Waals surface area contributed by atoms with Crippen LogP contribution in [-0.2, 0) is 16.1 Å². The summed E-state index contributed by atoms with van der Waals surface area (Å²) in [6.45, 7) is 4.28. The van der Waals surface area contributed by atoms with Gasteiger partial charge in [-0.3, -0.25) is 4.79 Å². The van der Waals surface area contributed by atoms with Crippen LogP contribution in [0, 0.1) is 6.92 Å². The van der Waals surface area contributed by atoms with Gasteiger partial charge >= 0.3 is 5.97 Å². The molecule has 0 aromatic carbocycles. The molecule has 2 aromatic heterocycles. The topological polar surface area (TPSA) is 43.6 Å². The molecule has 0 spiro atoms. The highest BCUT2D eigenvalue weighted by atomic mass is 16.5. The third kappa shape index (κ3) is 2.70. The average Bonchev–Trinajstić information content (AvgIpc) is 2.69. The number of fused-ring (bicyclic) bond motifs is 1. The maximum atomic E-state index is 11.5. The number of aryl methyl sites for hydroxylation is 1. The quantitative estimate of drug-likeness (QED) is 0.762. The van der Waals surface area contributed by atoms with E-state index in [1.807, 2.05) is 35.7 Å². The molecule has 18 heavy (non-hydrogen) atoms. The van der Waals surface area contributed by atoms with E-state index in [9.17, 15) is 4.79 Å². The van der Waals surface area contributed by atoms with Gasteiger partial charge in [0.15, 0.2) is 0 Å². The molecule has 0 saturated carbocycles. The monoisotopic (exact) mass is 246 g/mol. The fourth-order valence-corrected chi connectivity index (χ4v) is 1.88. The van der Waals surface area contributed by atoms with Gasteiger partial charge in [-0.1, -0.05) is 19.4 Å². The van der Waals surface area contributed by atoms with E-state index in [2.05, 4.69) is 11.9 Å². The van der Waals surface area contributed by atoms with Crippen molar-refractivity contribution in [3.8, 4) is 0 Å². The first kappa shape index (κ1) is 12.6. The van der Waals surface area contributed by atoms with Gasteiger partial charge in [0.1, 0.15) is 12.3 Å². The molecule has 0 atom stereocenters. The van der Waals surface area contributed by atoms with Gasteiger partial charge in [0.2, 0.25) is 0 Å². The molecule has 0 amide bonds. The summed E-state index contributed by atoms with van der Waals surface area (Å²) in [4.78, 5) is 15.9. The Bertz CT molecular complexity index is 546. The second kappa shape index (κ2) is 5.67. The minimum absolute atomic E-state index is 0.137. The third-order valence-electron chi connectivity index (χ3n) is 2.93. The Morgan fingerprint density at radius 1 is 1.44 bits per heavy atom. The van der Waals surface area contributed by atoms with Crippen molar-refractivity contribution in [2.45, 2.75) is 39.7 Å². The van der Waals surface area contributed by atoms with Crippen molar-refractivity contribution in [2.24, 2.45) is 0 Å². The molecule has 0 aliphatic carbocycles. The van der Waals surface area contributed by atoms with Gasteiger partial charge in [-0.15, -0.1) is 0 Å². The highest BCUT2D eigenvalue weighted by molar-refractivity contribution is 5.69. The van der Waals surface area contributed by atoms with Crippen LogP contribution >= 0.6 is 0 Å². The largest absolute Gasteiger partial charge is 0.459 e. The summed E-state index contributed by atoms with van der Waals surface area (Å²) >= 11 is 0. The number of esters is 1. The maximum Gasteiger partial charge on any atom is 0.306 e. The summed E-state index contributed by atoms with van der Waals surface area (Å²) in [7, 11) is 0. The van der Waals surface area contributed by atoms with Crippen molar-refractivity contribution in [3.63, 3.8) is 0 Å². The van der Waals surface area contributed by atoms with E-state index in [4.69, 9.17) is 4.74 Å². The molecule has 2 aromatic rings. The number of hydrogen-bond acceptors (Lipinski definition) is 3. The van der Waals surface area contributed by atoms with Gasteiger partial charge in [-0.25, -0.2) is 4.98 Å². The summed E-state index contributed by atoms with van der Waals surface area (Å²) in [6.07, 6.45) is 4.31. The number of aromatic nitrogens is 2. The molecule has 0 aliphatic rings. The Hall–Kier alpha value is -1.84. The van der Waals surface area contributed by atoms with Gasteiger partial charge in [-0.2, -0.15) is 0 Å². The van der Waals surface area contributed by atoms with Gasteiger partial charge in [-0.05, 0) is 25.5 Å². The molecule has 0 aliphatic heterocycles. The summed E-state index contributed by atoms with van der Waals surface area (Å²) in [5.74, 6) is -0.137. The van der Waals surface area contributed by atoms with Gasteiger partial charge < -0.3 is 9.14 Å². The van der Waals surface area contributed by atoms with Crippen LogP contribution in [0.4, 0.5) is 0 Å². The molecule has 96 valence electrons. The summed E-state index contributed by atoms with van der Waals surface area (Å²) < 4.78 is 7.24. The number of rotatable bonds is 5. The standard InChI is InChI=1S/C14H18N2O2/c1-3-4-8-14(17)18-10-12-11(2)15-13-7-5-6-9-16(12)13/h5-7,9H,3-4,8,10H2,1-2H3. The lowest BCUT2D eigenvalue weighted by Crippen LogP contribution is -2.06. The number of carbonyl (C=O) groups is 1. The first-order valence-electron chi connectivity index (χ1n) is 6.30. The Morgan fingerprint density at radius 2 is 2.28 bits per heavy atom. The Balaban J connectivity index is 2.07. The molecule has 0 saturated heterocycles. The highest BCUT2D eigenvalue weighted by Gasteiger charge is 2.10. The molecule has 4 nitrogen and oxygen atoms in total. The fraction of sp³-hybridized carbons (Fsp3) is 0.429. The lowest BCUT2D eigenvalue weighted by atomic mass is 10.2. The smallest absolute Gasteiger partial charge is 0.306 e. The summed E-state index contributed by atoms with van der Waals surface area (Å²) in [5, 5.41) is 0. The van der Waals surface area contributed by atoms with Gasteiger partial charge in [0.05, 0.1) is 11.4 Å². The highest BCUT2D eigenvalue weighted by Crippen LogP contribution is 2.13. The maximum absolute atomic E-state index is 11.5. The van der Waals surface area contributed by atoms with Crippen LogP contribution in [0.5, 0.6) is 0 Å². The molecule has 0 fully saturated rings. The van der Waals surface area contributed by atoms with Crippen LogP contribution in [0.2, 0.25) is 0 Å². The van der Waals surface area contributed by atoms with Crippen LogP contribution in [0.1, 0.15) is 37.6 Å². The molecule has 2 heterocycles. The first-order valence-corrected chi connectivity index (χ1v) is 6.30. The van der Waals surface area contributed by atoms with Crippen LogP contribution in [-0.4, -0.2) is 15.4 Å². The van der Waals surface area contributed by atoms with E-state index in [0.717, 1.165) is 29.9 Å². The third-order valence-corrected chi connectivity index (χ3v) is 2.93. The molecule has 0 bridgehead atoms. The van der Waals surface area contributed by atoms with E-state index in [0.29, 0.717) is 13.0 Å². The second-order valence-electron chi connectivity index (χ2n) is 4.34. The lowest BCUT2D eigenvalue weighted by Gasteiger charge is -2.05. The van der Waals surface area contributed by atoms with Crippen LogP contribution in [0.3, 0.4) is 0 Å². The van der Waals surface area contributed by atoms with E-state index >= 15 is 0 Å². The normalized spacial score (nSPS) is 10.8. The predicted octanol–water partition coefficient (Wildman–Crippen LogP) is 2.88. The molecule has 4 heteroatoms. The number of imidazole rings is 1. The number of ether oxygens (including phenoxy) is 1. The van der Waals surface area contributed by atoms with Gasteiger partial charge in [0.25, 0.3) is 0 Å². The SMILES string of the molecule is CCCCC(=O)OCc1c(C)nc2ccccn12. The molecule has 2 rings (SSSR count). The number of pyridine rings is 1. The van der Waals surface area contributed by atoms with Crippen molar-refractivity contribution < 1.29 is 9.53 Å². The Labute approximate surface area is 107 Å². The van der Waals surface area contributed by atoms with Crippen LogP contribution in [0.25, 0.3) is 5.65 Å². The molecule has 0 N–H and O–H groups in total. The van der Waals surface area contributed by atoms with E-state index in [1.54, 1.807) is 0 Å². The van der Waals surface area contributed by atoms with Crippen molar-refractivity contribution in [2.75, 3.05) is 0 Å². The minimum atomic E-state index is -0.137. The van der Waals surface area contributed by atoms with Crippen molar-refractivity contribution in [3.05, 3.63) is 35.8 Å². The van der Waals surface area contributed by atoms with Crippen LogP contribution < -0.4 is 0 Å². The summed E-state index contributed by atoms with van der Waals surface area (Å²) in [5.41, 5.74) is 2.73. The van der Waals surface area contributed by atoms with E-state index in [-0.39, 0.29) is 5.97 Å². The number of carbonyl (C=O) groups excluding carboxylic acids is 1. The second-order valence-corrected chi connectivity index (χ2v) is 4.34. The number of nitrogens with zero attached hydrogens (tertiary/aromatic N) is 2. The van der Waals surface area contributed by atoms with Crippen molar-refractivity contribution in [1.29, 1.82) is 0 Å². The Kier molecular flexibility index (Phi) is 3.97. The zero-order valence-corrected chi connectivity index (χ0v) is 10.8. The fourth-order valence-electron chi connectivity index (χ4n) is 1.88. The molecular weight excluding hydrogens is 228 g/mol. The summed E-state index contributed by atoms with van der Waals surface area (Å²) in [6, 6.07) is 5.82. The zero-order valence-electron chi connectivity index (χ0n) is 10.8. The lowest BCUT2D eigenvalue weighted by molar-refractivity contribution is -0.145. The predicted molar refractivity (Wildman–Crippen MR) is 69.3 cm³/mol.